The highest BCUT2D eigenvalue weighted by atomic mass is 32.2. The fourth-order valence-corrected chi connectivity index (χ4v) is 0. The lowest BCUT2D eigenvalue weighted by atomic mass is 11.5. The topological polar surface area (TPSA) is 130 Å². The molecule has 0 aliphatic carbocycles. The molecule has 0 rings (SSSR count). The molecule has 0 atom stereocenters. The molecule has 0 aliphatic heterocycles. The van der Waals surface area contributed by atoms with E-state index in [4.69, 9.17) is 18.2 Å². The zero-order valence-electron chi connectivity index (χ0n) is 3.77. The number of hydrogen-bond donors (Lipinski definition) is 3. The van der Waals surface area contributed by atoms with Crippen molar-refractivity contribution in [1.82, 2.24) is 0 Å². The number of rotatable bonds is 0. The van der Waals surface area contributed by atoms with Crippen molar-refractivity contribution in [2.75, 3.05) is 0 Å². The summed E-state index contributed by atoms with van der Waals surface area (Å²) in [7, 11) is -4.17. The summed E-state index contributed by atoms with van der Waals surface area (Å²) in [4.78, 5) is 0. The quantitative estimate of drug-likeness (QED) is 0.206. The molecule has 0 heterocycles. The van der Waals surface area contributed by atoms with E-state index in [2.05, 4.69) is 10.9 Å². The number of hydrogen-bond acceptors (Lipinski definition) is 4. The van der Waals surface area contributed by atoms with Gasteiger partial charge < -0.3 is 5.73 Å². The summed E-state index contributed by atoms with van der Waals surface area (Å²) in [5.74, 6) is 0. The van der Waals surface area contributed by atoms with Gasteiger partial charge in [-0.05, 0) is 0 Å². The maximum atomic E-state index is 8.97. The summed E-state index contributed by atoms with van der Waals surface area (Å²) >= 11 is 0. The first-order chi connectivity index (χ1) is 3.41. The molecule has 0 radical (unpaired) electrons. The van der Waals surface area contributed by atoms with E-state index in [0.717, 1.165) is 0 Å². The maximum Gasteiger partial charge on any atom is 0.330 e. The minimum Gasteiger partial charge on any atom is -0.337 e. The Bertz CT molecular complexity index is 155. The highest BCUT2D eigenvalue weighted by Crippen LogP contribution is 1.50. The number of nitrogens with zero attached hydrogens (tertiary/aromatic N) is 1. The van der Waals surface area contributed by atoms with E-state index in [1.54, 1.807) is 0 Å². The fraction of sp³-hybridized carbons (Fsp3) is 0. The number of nitrogens with two attached hydrogens (primary N) is 2. The van der Waals surface area contributed by atoms with Crippen LogP contribution in [0.3, 0.4) is 0 Å². The Morgan fingerprint density at radius 3 is 1.62 bits per heavy atom. The third kappa shape index (κ3) is 127. The molecule has 5 N–H and O–H groups in total. The Morgan fingerprint density at radius 2 is 1.62 bits per heavy atom. The van der Waals surface area contributed by atoms with Crippen molar-refractivity contribution in [3.05, 3.63) is 0 Å². The Labute approximate surface area is 46.6 Å². The molecule has 7 heteroatoms. The van der Waals surface area contributed by atoms with Gasteiger partial charge in [-0.2, -0.15) is 13.7 Å². The third-order valence-electron chi connectivity index (χ3n) is 0. The lowest BCUT2D eigenvalue weighted by Crippen LogP contribution is -2.08. The molecule has 0 spiro atoms. The molecule has 0 fully saturated rings. The van der Waals surface area contributed by atoms with Gasteiger partial charge >= 0.3 is 10.3 Å². The number of nitriles is 1. The van der Waals surface area contributed by atoms with E-state index < -0.39 is 10.3 Å². The fourth-order valence-electron chi connectivity index (χ4n) is 0. The van der Waals surface area contributed by atoms with Gasteiger partial charge in [-0.15, -0.1) is 0 Å². The summed E-state index contributed by atoms with van der Waals surface area (Å²) in [5, 5.41) is 11.0. The minimum atomic E-state index is -4.17. The molecule has 0 amide bonds. The first kappa shape index (κ1) is 10.2. The van der Waals surface area contributed by atoms with Gasteiger partial charge in [-0.3, -0.25) is 4.55 Å². The van der Waals surface area contributed by atoms with Gasteiger partial charge in [-0.1, -0.05) is 0 Å². The van der Waals surface area contributed by atoms with Crippen molar-refractivity contribution >= 4 is 10.3 Å². The SMILES string of the molecule is N#CN.NS(=O)(=O)O. The van der Waals surface area contributed by atoms with Crippen LogP contribution < -0.4 is 10.9 Å². The zero-order valence-corrected chi connectivity index (χ0v) is 4.59. The smallest absolute Gasteiger partial charge is 0.330 e. The molecule has 48 valence electrons. The lowest BCUT2D eigenvalue weighted by Gasteiger charge is -1.70. The van der Waals surface area contributed by atoms with Gasteiger partial charge in [0.2, 0.25) is 0 Å². The highest BCUT2D eigenvalue weighted by molar-refractivity contribution is 7.83. The first-order valence-electron chi connectivity index (χ1n) is 1.26. The van der Waals surface area contributed by atoms with E-state index in [0.29, 0.717) is 0 Å². The molecule has 0 aliphatic rings. The Kier molecular flexibility index (Phi) is 5.51. The molecule has 0 unspecified atom stereocenters. The molecule has 0 aromatic heterocycles. The molecule has 0 bridgehead atoms. The standard InChI is InChI=1S/CH2N2.H3NO3S/c2-1-3;1-5(2,3)4/h2H2;(H3,1,2,3,4). The largest absolute Gasteiger partial charge is 0.337 e. The van der Waals surface area contributed by atoms with E-state index in [1.165, 1.54) is 6.19 Å². The van der Waals surface area contributed by atoms with Gasteiger partial charge in [0.05, 0.1) is 0 Å². The van der Waals surface area contributed by atoms with Crippen molar-refractivity contribution in [2.45, 2.75) is 0 Å². The van der Waals surface area contributed by atoms with E-state index in [1.807, 2.05) is 0 Å². The Balaban J connectivity index is 0. The van der Waals surface area contributed by atoms with E-state index in [9.17, 15) is 0 Å². The van der Waals surface area contributed by atoms with Crippen LogP contribution >= 0.6 is 0 Å². The average molecular weight is 139 g/mol. The van der Waals surface area contributed by atoms with E-state index in [-0.39, 0.29) is 0 Å². The summed E-state index contributed by atoms with van der Waals surface area (Å²) in [6.45, 7) is 0. The minimum absolute atomic E-state index is 1.25. The van der Waals surface area contributed by atoms with Crippen LogP contribution in [0.2, 0.25) is 0 Å². The van der Waals surface area contributed by atoms with Gasteiger partial charge in [0.15, 0.2) is 6.19 Å². The van der Waals surface area contributed by atoms with Crippen LogP contribution in [0.1, 0.15) is 0 Å². The van der Waals surface area contributed by atoms with Crippen molar-refractivity contribution in [1.29, 1.82) is 5.26 Å². The van der Waals surface area contributed by atoms with Gasteiger partial charge in [0.1, 0.15) is 0 Å². The second-order valence-electron chi connectivity index (χ2n) is 0.644. The summed E-state index contributed by atoms with van der Waals surface area (Å²) < 4.78 is 25.2. The highest BCUT2D eigenvalue weighted by Gasteiger charge is 1.81. The van der Waals surface area contributed by atoms with Crippen LogP contribution in [-0.2, 0) is 10.3 Å². The average Bonchev–Trinajstić information content (AvgIpc) is 1.27. The van der Waals surface area contributed by atoms with Gasteiger partial charge in [-0.25, -0.2) is 5.14 Å². The lowest BCUT2D eigenvalue weighted by molar-refractivity contribution is 0.485. The molecule has 6 nitrogen and oxygen atoms in total. The zero-order chi connectivity index (χ0) is 7.21. The summed E-state index contributed by atoms with van der Waals surface area (Å²) in [6.07, 6.45) is 1.25. The molecule has 0 aromatic rings. The Morgan fingerprint density at radius 1 is 1.62 bits per heavy atom. The van der Waals surface area contributed by atoms with Crippen LogP contribution in [0.5, 0.6) is 0 Å². The van der Waals surface area contributed by atoms with Crippen LogP contribution in [0.15, 0.2) is 0 Å². The van der Waals surface area contributed by atoms with E-state index >= 15 is 0 Å². The van der Waals surface area contributed by atoms with Crippen molar-refractivity contribution in [2.24, 2.45) is 10.9 Å². The van der Waals surface area contributed by atoms with Crippen LogP contribution in [0, 0.1) is 11.5 Å². The predicted octanol–water partition coefficient (Wildman–Crippen LogP) is -1.83. The molecule has 0 saturated heterocycles. The third-order valence-corrected chi connectivity index (χ3v) is 0. The normalized spacial score (nSPS) is 8.12. The van der Waals surface area contributed by atoms with Gasteiger partial charge in [0.25, 0.3) is 0 Å². The molecule has 0 aromatic carbocycles. The molecular formula is CH5N3O3S. The summed E-state index contributed by atoms with van der Waals surface area (Å²) in [5.41, 5.74) is 4.15. The van der Waals surface area contributed by atoms with Crippen LogP contribution in [-0.4, -0.2) is 13.0 Å². The summed E-state index contributed by atoms with van der Waals surface area (Å²) in [6, 6.07) is 0. The van der Waals surface area contributed by atoms with Gasteiger partial charge in [0, 0.05) is 0 Å². The van der Waals surface area contributed by atoms with Crippen molar-refractivity contribution in [3.63, 3.8) is 0 Å². The second kappa shape index (κ2) is 4.32. The van der Waals surface area contributed by atoms with Crippen molar-refractivity contribution < 1.29 is 13.0 Å². The molecule has 0 saturated carbocycles. The predicted molar refractivity (Wildman–Crippen MR) is 25.5 cm³/mol. The molecule has 8 heavy (non-hydrogen) atoms. The van der Waals surface area contributed by atoms with Crippen LogP contribution in [0.25, 0.3) is 0 Å². The van der Waals surface area contributed by atoms with Crippen LogP contribution in [0.4, 0.5) is 0 Å². The first-order valence-corrected chi connectivity index (χ1v) is 2.77. The van der Waals surface area contributed by atoms with Crippen molar-refractivity contribution in [3.8, 4) is 6.19 Å². The molecular weight excluding hydrogens is 134 g/mol. The second-order valence-corrected chi connectivity index (χ2v) is 1.67. The monoisotopic (exact) mass is 139 g/mol. The Hall–Kier alpha value is -0.840. The maximum absolute atomic E-state index is 8.97.